The number of amides is 1. The topological polar surface area (TPSA) is 59.1 Å². The third-order valence-electron chi connectivity index (χ3n) is 4.65. The van der Waals surface area contributed by atoms with Crippen LogP contribution in [-0.4, -0.2) is 16.7 Å². The molecule has 1 N–H and O–H groups in total. The van der Waals surface area contributed by atoms with E-state index in [1.807, 2.05) is 62.4 Å². The third-order valence-corrected chi connectivity index (χ3v) is 4.65. The van der Waals surface area contributed by atoms with Gasteiger partial charge in [-0.25, -0.2) is 0 Å². The van der Waals surface area contributed by atoms with Gasteiger partial charge in [0.2, 0.25) is 0 Å². The van der Waals surface area contributed by atoms with Crippen LogP contribution in [0.3, 0.4) is 0 Å². The molecule has 0 saturated carbocycles. The molecule has 0 aliphatic carbocycles. The van der Waals surface area contributed by atoms with Gasteiger partial charge in [-0.15, -0.1) is 0 Å². The molecule has 4 nitrogen and oxygen atoms in total. The second kappa shape index (κ2) is 9.09. The van der Waals surface area contributed by atoms with E-state index in [0.29, 0.717) is 30.6 Å². The van der Waals surface area contributed by atoms with Gasteiger partial charge in [0.1, 0.15) is 5.69 Å². The lowest BCUT2D eigenvalue weighted by atomic mass is 10.0. The minimum Gasteiger partial charge on any atom is -0.348 e. The van der Waals surface area contributed by atoms with Crippen LogP contribution in [0.15, 0.2) is 66.9 Å². The molecule has 1 aromatic heterocycles. The summed E-state index contributed by atoms with van der Waals surface area (Å²) in [6.07, 6.45) is 2.54. The lowest BCUT2D eigenvalue weighted by molar-refractivity contribution is 0.0945. The van der Waals surface area contributed by atoms with Crippen molar-refractivity contribution in [2.45, 2.75) is 33.2 Å². The van der Waals surface area contributed by atoms with Crippen molar-refractivity contribution in [3.05, 3.63) is 100 Å². The fourth-order valence-corrected chi connectivity index (χ4v) is 2.82. The van der Waals surface area contributed by atoms with Crippen molar-refractivity contribution in [3.63, 3.8) is 0 Å². The van der Waals surface area contributed by atoms with Crippen LogP contribution in [0.25, 0.3) is 0 Å². The Balaban J connectivity index is 1.53. The highest BCUT2D eigenvalue weighted by molar-refractivity contribution is 5.97. The molecule has 0 bridgehead atoms. The minimum absolute atomic E-state index is 0.0211. The molecule has 28 heavy (non-hydrogen) atoms. The van der Waals surface area contributed by atoms with E-state index in [2.05, 4.69) is 10.3 Å². The smallest absolute Gasteiger partial charge is 0.253 e. The van der Waals surface area contributed by atoms with E-state index in [9.17, 15) is 9.59 Å². The van der Waals surface area contributed by atoms with E-state index < -0.39 is 0 Å². The van der Waals surface area contributed by atoms with Gasteiger partial charge >= 0.3 is 0 Å². The Morgan fingerprint density at radius 2 is 1.43 bits per heavy atom. The molecule has 1 amide bonds. The summed E-state index contributed by atoms with van der Waals surface area (Å²) in [6.45, 7) is 4.52. The van der Waals surface area contributed by atoms with Crippen LogP contribution in [0, 0.1) is 13.8 Å². The van der Waals surface area contributed by atoms with Gasteiger partial charge in [-0.1, -0.05) is 59.7 Å². The monoisotopic (exact) mass is 372 g/mol. The van der Waals surface area contributed by atoms with Crippen LogP contribution in [0.5, 0.6) is 0 Å². The minimum atomic E-state index is -0.202. The number of carbonyl (C=O) groups excluding carboxylic acids is 2. The van der Waals surface area contributed by atoms with Gasteiger partial charge in [0.15, 0.2) is 5.78 Å². The largest absolute Gasteiger partial charge is 0.348 e. The molecular formula is C24H24N2O2. The Kier molecular flexibility index (Phi) is 6.33. The first kappa shape index (κ1) is 19.5. The Bertz CT molecular complexity index is 863. The Morgan fingerprint density at radius 1 is 0.821 bits per heavy atom. The van der Waals surface area contributed by atoms with Crippen LogP contribution >= 0.6 is 0 Å². The van der Waals surface area contributed by atoms with Gasteiger partial charge < -0.3 is 5.32 Å². The maximum absolute atomic E-state index is 12.3. The maximum Gasteiger partial charge on any atom is 0.253 e. The molecule has 0 unspecified atom stereocenters. The summed E-state index contributed by atoms with van der Waals surface area (Å²) in [6, 6.07) is 19.4. The van der Waals surface area contributed by atoms with Crippen molar-refractivity contribution in [1.82, 2.24) is 10.3 Å². The predicted octanol–water partition coefficient (Wildman–Crippen LogP) is 4.44. The number of aromatic nitrogens is 1. The number of hydrogen-bond donors (Lipinski definition) is 1. The van der Waals surface area contributed by atoms with Crippen molar-refractivity contribution in [2.75, 3.05) is 0 Å². The van der Waals surface area contributed by atoms with Gasteiger partial charge in [0.05, 0.1) is 5.56 Å². The van der Waals surface area contributed by atoms with E-state index >= 15 is 0 Å². The summed E-state index contributed by atoms with van der Waals surface area (Å²) in [5.74, 6) is -0.223. The van der Waals surface area contributed by atoms with E-state index in [-0.39, 0.29) is 11.7 Å². The second-order valence-electron chi connectivity index (χ2n) is 7.01. The zero-order valence-electron chi connectivity index (χ0n) is 16.2. The number of hydrogen-bond acceptors (Lipinski definition) is 3. The molecule has 0 atom stereocenters. The molecule has 0 aliphatic heterocycles. The molecule has 1 heterocycles. The van der Waals surface area contributed by atoms with Gasteiger partial charge in [0.25, 0.3) is 5.91 Å². The summed E-state index contributed by atoms with van der Waals surface area (Å²) in [5.41, 5.74) is 5.39. The van der Waals surface area contributed by atoms with Crippen LogP contribution < -0.4 is 5.32 Å². The average Bonchev–Trinajstić information content (AvgIpc) is 2.72. The first-order valence-corrected chi connectivity index (χ1v) is 9.40. The SMILES string of the molecule is Cc1ccc(CCC(=O)c2ccc(C(=O)NCc3ccc(C)cc3)cn2)cc1. The van der Waals surface area contributed by atoms with E-state index in [4.69, 9.17) is 0 Å². The van der Waals surface area contributed by atoms with E-state index in [1.54, 1.807) is 12.1 Å². The van der Waals surface area contributed by atoms with E-state index in [1.165, 1.54) is 17.3 Å². The first-order valence-electron chi connectivity index (χ1n) is 9.40. The Labute approximate surface area is 165 Å². The highest BCUT2D eigenvalue weighted by atomic mass is 16.1. The third kappa shape index (κ3) is 5.36. The molecule has 3 rings (SSSR count). The second-order valence-corrected chi connectivity index (χ2v) is 7.01. The standard InChI is InChI=1S/C24H24N2O2/c1-17-3-7-19(8-4-17)11-14-23(27)22-13-12-21(16-25-22)24(28)26-15-20-9-5-18(2)6-10-20/h3-10,12-13,16H,11,14-15H2,1-2H3,(H,26,28). The fourth-order valence-electron chi connectivity index (χ4n) is 2.82. The number of Topliss-reactive ketones (excluding diaryl/α,β-unsaturated/α-hetero) is 1. The summed E-state index contributed by atoms with van der Waals surface area (Å²) >= 11 is 0. The summed E-state index contributed by atoms with van der Waals surface area (Å²) in [4.78, 5) is 28.8. The fraction of sp³-hybridized carbons (Fsp3) is 0.208. The van der Waals surface area contributed by atoms with Crippen LogP contribution in [-0.2, 0) is 13.0 Å². The predicted molar refractivity (Wildman–Crippen MR) is 110 cm³/mol. The number of carbonyl (C=O) groups is 2. The van der Waals surface area contributed by atoms with Gasteiger partial charge in [0, 0.05) is 19.2 Å². The zero-order chi connectivity index (χ0) is 19.9. The molecular weight excluding hydrogens is 348 g/mol. The summed E-state index contributed by atoms with van der Waals surface area (Å²) < 4.78 is 0. The van der Waals surface area contributed by atoms with Gasteiger partial charge in [-0.2, -0.15) is 0 Å². The van der Waals surface area contributed by atoms with Crippen molar-refractivity contribution >= 4 is 11.7 Å². The van der Waals surface area contributed by atoms with Crippen LogP contribution in [0.1, 0.15) is 49.5 Å². The highest BCUT2D eigenvalue weighted by Crippen LogP contribution is 2.10. The number of benzene rings is 2. The molecule has 142 valence electrons. The van der Waals surface area contributed by atoms with E-state index in [0.717, 1.165) is 11.1 Å². The number of pyridine rings is 1. The Morgan fingerprint density at radius 3 is 2.00 bits per heavy atom. The van der Waals surface area contributed by atoms with Crippen molar-refractivity contribution in [1.29, 1.82) is 0 Å². The normalized spacial score (nSPS) is 10.5. The molecule has 0 aliphatic rings. The molecule has 3 aromatic rings. The molecule has 0 spiro atoms. The number of nitrogens with zero attached hydrogens (tertiary/aromatic N) is 1. The lowest BCUT2D eigenvalue weighted by Gasteiger charge is -2.06. The first-order chi connectivity index (χ1) is 13.5. The maximum atomic E-state index is 12.3. The summed E-state index contributed by atoms with van der Waals surface area (Å²) in [5, 5.41) is 2.87. The quantitative estimate of drug-likeness (QED) is 0.624. The number of nitrogens with one attached hydrogen (secondary N) is 1. The number of aryl methyl sites for hydroxylation is 3. The summed E-state index contributed by atoms with van der Waals surface area (Å²) in [7, 11) is 0. The molecule has 2 aromatic carbocycles. The zero-order valence-corrected chi connectivity index (χ0v) is 16.2. The lowest BCUT2D eigenvalue weighted by Crippen LogP contribution is -2.23. The van der Waals surface area contributed by atoms with Crippen molar-refractivity contribution in [2.24, 2.45) is 0 Å². The Hall–Kier alpha value is -3.27. The highest BCUT2D eigenvalue weighted by Gasteiger charge is 2.11. The average molecular weight is 372 g/mol. The molecule has 0 radical (unpaired) electrons. The molecule has 4 heteroatoms. The molecule has 0 fully saturated rings. The van der Waals surface area contributed by atoms with Crippen molar-refractivity contribution in [3.8, 4) is 0 Å². The molecule has 0 saturated heterocycles. The van der Waals surface area contributed by atoms with Gasteiger partial charge in [-0.05, 0) is 43.5 Å². The van der Waals surface area contributed by atoms with Gasteiger partial charge in [-0.3, -0.25) is 14.6 Å². The van der Waals surface area contributed by atoms with Crippen LogP contribution in [0.4, 0.5) is 0 Å². The number of ketones is 1. The van der Waals surface area contributed by atoms with Crippen molar-refractivity contribution < 1.29 is 9.59 Å². The van der Waals surface area contributed by atoms with Crippen LogP contribution in [0.2, 0.25) is 0 Å². The number of rotatable bonds is 7.